The summed E-state index contributed by atoms with van der Waals surface area (Å²) < 4.78 is 2.27. The molecule has 7 heteroatoms. The van der Waals surface area contributed by atoms with Crippen molar-refractivity contribution < 1.29 is 9.59 Å². The molecule has 0 saturated carbocycles. The molecule has 3 heterocycles. The van der Waals surface area contributed by atoms with E-state index >= 15 is 0 Å². The number of aromatic nitrogens is 2. The first-order valence-corrected chi connectivity index (χ1v) is 13.1. The fourth-order valence-electron chi connectivity index (χ4n) is 5.58. The fourth-order valence-corrected chi connectivity index (χ4v) is 5.58. The number of imidazole rings is 1. The van der Waals surface area contributed by atoms with Crippen molar-refractivity contribution >= 4 is 11.8 Å². The Morgan fingerprint density at radius 1 is 1.06 bits per heavy atom. The molecule has 0 bridgehead atoms. The number of hydrogen-bond acceptors (Lipinski definition) is 4. The summed E-state index contributed by atoms with van der Waals surface area (Å²) in [6.07, 6.45) is 5.67. The summed E-state index contributed by atoms with van der Waals surface area (Å²) in [5, 5.41) is 3.16. The van der Waals surface area contributed by atoms with Crippen LogP contribution in [0.3, 0.4) is 0 Å². The van der Waals surface area contributed by atoms with Crippen LogP contribution >= 0.6 is 0 Å². The largest absolute Gasteiger partial charge is 0.355 e. The van der Waals surface area contributed by atoms with Crippen molar-refractivity contribution in [2.24, 2.45) is 11.3 Å². The molecule has 2 aromatic rings. The smallest absolute Gasteiger partial charge is 0.274 e. The van der Waals surface area contributed by atoms with E-state index in [4.69, 9.17) is 4.98 Å². The number of fused-ring (bicyclic) bond motifs is 1. The monoisotopic (exact) mass is 479 g/mol. The Morgan fingerprint density at radius 3 is 2.46 bits per heavy atom. The van der Waals surface area contributed by atoms with Crippen LogP contribution in [-0.4, -0.2) is 71.4 Å². The third-order valence-electron chi connectivity index (χ3n) is 7.24. The average Bonchev–Trinajstić information content (AvgIpc) is 3.02. The molecule has 1 saturated heterocycles. The highest BCUT2D eigenvalue weighted by Gasteiger charge is 2.32. The topological polar surface area (TPSA) is 70.5 Å². The summed E-state index contributed by atoms with van der Waals surface area (Å²) >= 11 is 0. The minimum Gasteiger partial charge on any atom is -0.355 e. The minimum atomic E-state index is -0.0341. The summed E-state index contributed by atoms with van der Waals surface area (Å²) in [5.41, 5.74) is 2.77. The molecule has 1 aromatic heterocycles. The van der Waals surface area contributed by atoms with Crippen molar-refractivity contribution in [1.82, 2.24) is 24.7 Å². The maximum Gasteiger partial charge on any atom is 0.274 e. The maximum atomic E-state index is 13.6. The van der Waals surface area contributed by atoms with E-state index in [1.165, 1.54) is 6.42 Å². The molecule has 190 valence electrons. The third-order valence-corrected chi connectivity index (χ3v) is 7.24. The molecule has 0 unspecified atom stereocenters. The molecule has 0 spiro atoms. The van der Waals surface area contributed by atoms with Crippen LogP contribution in [0.25, 0.3) is 11.4 Å². The van der Waals surface area contributed by atoms with Gasteiger partial charge in [0.05, 0.1) is 5.69 Å². The van der Waals surface area contributed by atoms with Gasteiger partial charge in [-0.1, -0.05) is 50.6 Å². The van der Waals surface area contributed by atoms with E-state index in [2.05, 4.69) is 54.9 Å². The lowest BCUT2D eigenvalue weighted by molar-refractivity contribution is -0.126. The number of nitrogens with zero attached hydrogens (tertiary/aromatic N) is 4. The summed E-state index contributed by atoms with van der Waals surface area (Å²) in [4.78, 5) is 35.4. The molecule has 1 fully saturated rings. The predicted octanol–water partition coefficient (Wildman–Crippen LogP) is 3.83. The van der Waals surface area contributed by atoms with E-state index in [1.54, 1.807) is 0 Å². The maximum absolute atomic E-state index is 13.6. The zero-order valence-electron chi connectivity index (χ0n) is 21.8. The van der Waals surface area contributed by atoms with Gasteiger partial charge in [0.15, 0.2) is 0 Å². The molecule has 2 amide bonds. The molecule has 2 aliphatic rings. The van der Waals surface area contributed by atoms with Crippen molar-refractivity contribution in [3.63, 3.8) is 0 Å². The van der Waals surface area contributed by atoms with Gasteiger partial charge in [-0.05, 0) is 51.6 Å². The van der Waals surface area contributed by atoms with Crippen molar-refractivity contribution in [3.05, 3.63) is 41.7 Å². The first-order chi connectivity index (χ1) is 16.7. The van der Waals surface area contributed by atoms with Gasteiger partial charge in [-0.2, -0.15) is 0 Å². The van der Waals surface area contributed by atoms with E-state index in [0.717, 1.165) is 49.4 Å². The van der Waals surface area contributed by atoms with Gasteiger partial charge in [0.2, 0.25) is 5.91 Å². The Labute approximate surface area is 209 Å². The lowest BCUT2D eigenvalue weighted by Crippen LogP contribution is -2.46. The highest BCUT2D eigenvalue weighted by Crippen LogP contribution is 2.29. The second-order valence-corrected chi connectivity index (χ2v) is 11.2. The molecular formula is C28H41N5O2. The van der Waals surface area contributed by atoms with Crippen molar-refractivity contribution in [2.45, 2.75) is 58.9 Å². The normalized spacial score (nSPS) is 17.2. The minimum absolute atomic E-state index is 0.0174. The van der Waals surface area contributed by atoms with Gasteiger partial charge in [0.1, 0.15) is 11.5 Å². The van der Waals surface area contributed by atoms with Crippen LogP contribution in [0.15, 0.2) is 30.3 Å². The molecule has 35 heavy (non-hydrogen) atoms. The number of carbonyl (C=O) groups excluding carboxylic acids is 2. The fraction of sp³-hybridized carbons (Fsp3) is 0.607. The van der Waals surface area contributed by atoms with Crippen molar-refractivity contribution in [2.75, 3.05) is 40.3 Å². The molecule has 1 aromatic carbocycles. The van der Waals surface area contributed by atoms with E-state index in [-0.39, 0.29) is 23.1 Å². The van der Waals surface area contributed by atoms with Crippen LogP contribution in [0.2, 0.25) is 0 Å². The number of rotatable bonds is 7. The molecule has 0 aliphatic carbocycles. The molecule has 1 N–H and O–H groups in total. The summed E-state index contributed by atoms with van der Waals surface area (Å²) in [6, 6.07) is 10.2. The molecule has 7 nitrogen and oxygen atoms in total. The number of hydrogen-bond donors (Lipinski definition) is 1. The Kier molecular flexibility index (Phi) is 7.95. The van der Waals surface area contributed by atoms with Gasteiger partial charge in [-0.3, -0.25) is 9.59 Å². The number of nitrogens with one attached hydrogen (secondary N) is 1. The van der Waals surface area contributed by atoms with E-state index in [9.17, 15) is 9.59 Å². The second kappa shape index (κ2) is 10.9. The van der Waals surface area contributed by atoms with Gasteiger partial charge in [-0.15, -0.1) is 0 Å². The number of amides is 2. The van der Waals surface area contributed by atoms with E-state index < -0.39 is 0 Å². The number of benzene rings is 1. The highest BCUT2D eigenvalue weighted by atomic mass is 16.2. The van der Waals surface area contributed by atoms with Gasteiger partial charge in [0.25, 0.3) is 5.91 Å². The van der Waals surface area contributed by atoms with Gasteiger partial charge < -0.3 is 19.7 Å². The Balaban J connectivity index is 1.42. The Hall–Kier alpha value is -2.67. The van der Waals surface area contributed by atoms with Crippen LogP contribution < -0.4 is 5.32 Å². The lowest BCUT2D eigenvalue weighted by atomic mass is 9.91. The first kappa shape index (κ1) is 25.4. The summed E-state index contributed by atoms with van der Waals surface area (Å²) in [7, 11) is 4.11. The van der Waals surface area contributed by atoms with E-state index in [1.807, 2.05) is 23.1 Å². The van der Waals surface area contributed by atoms with Gasteiger partial charge in [-0.25, -0.2) is 4.98 Å². The molecule has 0 radical (unpaired) electrons. The molecule has 0 atom stereocenters. The Bertz CT molecular complexity index is 1020. The van der Waals surface area contributed by atoms with Crippen LogP contribution in [0, 0.1) is 11.3 Å². The number of carbonyl (C=O) groups is 2. The van der Waals surface area contributed by atoms with Crippen LogP contribution in [-0.2, 0) is 17.8 Å². The SMILES string of the molecule is CN(C)CC(C)(C)CNC(=O)C1CCN(C(=O)c2nc(-c3ccccc3)n3c2CCCCC3)CC1. The highest BCUT2D eigenvalue weighted by molar-refractivity contribution is 5.94. The molecule has 4 rings (SSSR count). The van der Waals surface area contributed by atoms with Crippen LogP contribution in [0.4, 0.5) is 0 Å². The number of piperidine rings is 1. The molecular weight excluding hydrogens is 438 g/mol. The van der Waals surface area contributed by atoms with Crippen molar-refractivity contribution in [1.29, 1.82) is 0 Å². The summed E-state index contributed by atoms with van der Waals surface area (Å²) in [6.45, 7) is 8.03. The summed E-state index contributed by atoms with van der Waals surface area (Å²) in [5.74, 6) is 1.00. The van der Waals surface area contributed by atoms with Crippen LogP contribution in [0.5, 0.6) is 0 Å². The van der Waals surface area contributed by atoms with Gasteiger partial charge in [0, 0.05) is 44.2 Å². The lowest BCUT2D eigenvalue weighted by Gasteiger charge is -2.33. The first-order valence-electron chi connectivity index (χ1n) is 13.1. The second-order valence-electron chi connectivity index (χ2n) is 11.2. The number of likely N-dealkylation sites (tertiary alicyclic amines) is 1. The average molecular weight is 480 g/mol. The quantitative estimate of drug-likeness (QED) is 0.655. The van der Waals surface area contributed by atoms with Gasteiger partial charge >= 0.3 is 0 Å². The van der Waals surface area contributed by atoms with Crippen LogP contribution in [0.1, 0.15) is 62.1 Å². The zero-order valence-corrected chi connectivity index (χ0v) is 21.8. The molecule has 2 aliphatic heterocycles. The van der Waals surface area contributed by atoms with Crippen molar-refractivity contribution in [3.8, 4) is 11.4 Å². The third kappa shape index (κ3) is 6.13. The zero-order chi connectivity index (χ0) is 25.0. The Morgan fingerprint density at radius 2 is 1.77 bits per heavy atom. The van der Waals surface area contributed by atoms with E-state index in [0.29, 0.717) is 38.2 Å². The standard InChI is InChI=1S/C28H41N5O2/c1-28(2,20-31(3)4)19-29-26(34)22-14-17-32(18-15-22)27(35)24-23-13-9-6-10-16-33(23)25(30-24)21-11-7-5-8-12-21/h5,7-8,11-12,22H,6,9-10,13-20H2,1-4H3,(H,29,34). The predicted molar refractivity (Wildman–Crippen MR) is 139 cm³/mol.